The zero-order valence-electron chi connectivity index (χ0n) is 17.6. The first-order chi connectivity index (χ1) is 14.7. The van der Waals surface area contributed by atoms with Gasteiger partial charge in [0.05, 0.1) is 15.6 Å². The van der Waals surface area contributed by atoms with E-state index in [2.05, 4.69) is 17.2 Å². The molecular formula is C24H21ClFN3OS. The number of amides is 1. The SMILES string of the molecule is Cc1ccc(N=C2NC(=O)C(=Cc3cc(C)n(-c4ccc(F)c(Cl)c4)c3C)S2)cc1C. The summed E-state index contributed by atoms with van der Waals surface area (Å²) >= 11 is 7.28. The summed E-state index contributed by atoms with van der Waals surface area (Å²) in [6.45, 7) is 8.00. The Morgan fingerprint density at radius 1 is 1.06 bits per heavy atom. The molecule has 0 unspecified atom stereocenters. The molecule has 1 fully saturated rings. The molecule has 0 saturated carbocycles. The molecule has 31 heavy (non-hydrogen) atoms. The Labute approximate surface area is 189 Å². The Hall–Kier alpha value is -2.83. The maximum Gasteiger partial charge on any atom is 0.264 e. The van der Waals surface area contributed by atoms with Crippen LogP contribution in [0.25, 0.3) is 11.8 Å². The molecule has 1 amide bonds. The van der Waals surface area contributed by atoms with Crippen molar-refractivity contribution in [1.29, 1.82) is 0 Å². The summed E-state index contributed by atoms with van der Waals surface area (Å²) in [5, 5.41) is 3.46. The molecule has 1 aliphatic rings. The van der Waals surface area contributed by atoms with Gasteiger partial charge in [-0.2, -0.15) is 0 Å². The first-order valence-corrected chi connectivity index (χ1v) is 10.9. The minimum Gasteiger partial charge on any atom is -0.318 e. The number of nitrogens with one attached hydrogen (secondary N) is 1. The van der Waals surface area contributed by atoms with Gasteiger partial charge in [-0.25, -0.2) is 9.38 Å². The Kier molecular flexibility index (Phi) is 5.77. The highest BCUT2D eigenvalue weighted by atomic mass is 35.5. The number of benzene rings is 2. The van der Waals surface area contributed by atoms with E-state index in [1.165, 1.54) is 23.4 Å². The molecule has 4 rings (SSSR count). The van der Waals surface area contributed by atoms with Gasteiger partial charge in [0.15, 0.2) is 5.17 Å². The normalized spacial score (nSPS) is 16.4. The number of hydrogen-bond donors (Lipinski definition) is 1. The van der Waals surface area contributed by atoms with E-state index in [0.717, 1.165) is 33.9 Å². The van der Waals surface area contributed by atoms with Crippen molar-refractivity contribution in [2.75, 3.05) is 0 Å². The molecule has 0 radical (unpaired) electrons. The number of aromatic nitrogens is 1. The minimum atomic E-state index is -0.454. The number of carbonyl (C=O) groups excluding carboxylic acids is 1. The van der Waals surface area contributed by atoms with Crippen LogP contribution in [0.3, 0.4) is 0 Å². The number of thioether (sulfide) groups is 1. The summed E-state index contributed by atoms with van der Waals surface area (Å²) in [6, 6.07) is 12.6. The molecule has 0 bridgehead atoms. The van der Waals surface area contributed by atoms with E-state index in [1.54, 1.807) is 12.1 Å². The second-order valence-electron chi connectivity index (χ2n) is 7.51. The lowest BCUT2D eigenvalue weighted by atomic mass is 10.1. The van der Waals surface area contributed by atoms with Gasteiger partial charge in [-0.15, -0.1) is 0 Å². The van der Waals surface area contributed by atoms with Crippen LogP contribution in [0.15, 0.2) is 52.4 Å². The van der Waals surface area contributed by atoms with Crippen molar-refractivity contribution in [1.82, 2.24) is 9.88 Å². The van der Waals surface area contributed by atoms with Crippen LogP contribution >= 0.6 is 23.4 Å². The summed E-state index contributed by atoms with van der Waals surface area (Å²) in [5.74, 6) is -0.632. The van der Waals surface area contributed by atoms with Crippen LogP contribution in [0.5, 0.6) is 0 Å². The largest absolute Gasteiger partial charge is 0.318 e. The zero-order chi connectivity index (χ0) is 22.3. The molecular weight excluding hydrogens is 433 g/mol. The number of nitrogens with zero attached hydrogens (tertiary/aromatic N) is 2. The van der Waals surface area contributed by atoms with Gasteiger partial charge in [-0.05, 0) is 98.6 Å². The number of carbonyl (C=O) groups is 1. The third-order valence-corrected chi connectivity index (χ3v) is 6.49. The van der Waals surface area contributed by atoms with Crippen LogP contribution in [0.2, 0.25) is 5.02 Å². The molecule has 0 aliphatic carbocycles. The van der Waals surface area contributed by atoms with Gasteiger partial charge < -0.3 is 9.88 Å². The summed E-state index contributed by atoms with van der Waals surface area (Å²) < 4.78 is 15.5. The van der Waals surface area contributed by atoms with E-state index in [1.807, 2.05) is 55.7 Å². The zero-order valence-corrected chi connectivity index (χ0v) is 19.2. The van der Waals surface area contributed by atoms with Crippen molar-refractivity contribution in [3.63, 3.8) is 0 Å². The first kappa shape index (κ1) is 21.4. The predicted octanol–water partition coefficient (Wildman–Crippen LogP) is 6.40. The number of hydrogen-bond acceptors (Lipinski definition) is 3. The van der Waals surface area contributed by atoms with Crippen LogP contribution in [0, 0.1) is 33.5 Å². The molecule has 0 spiro atoms. The van der Waals surface area contributed by atoms with Gasteiger partial charge in [0, 0.05) is 17.1 Å². The highest BCUT2D eigenvalue weighted by molar-refractivity contribution is 8.18. The monoisotopic (exact) mass is 453 g/mol. The third-order valence-electron chi connectivity index (χ3n) is 5.29. The number of rotatable bonds is 3. The van der Waals surface area contributed by atoms with Crippen LogP contribution in [-0.2, 0) is 4.79 Å². The average Bonchev–Trinajstić information content (AvgIpc) is 3.19. The van der Waals surface area contributed by atoms with Crippen molar-refractivity contribution in [2.24, 2.45) is 4.99 Å². The second-order valence-corrected chi connectivity index (χ2v) is 8.95. The van der Waals surface area contributed by atoms with Gasteiger partial charge in [0.1, 0.15) is 5.82 Å². The number of aliphatic imine (C=N–C) groups is 1. The van der Waals surface area contributed by atoms with Crippen molar-refractivity contribution >= 4 is 46.2 Å². The molecule has 2 aromatic carbocycles. The van der Waals surface area contributed by atoms with E-state index in [4.69, 9.17) is 11.6 Å². The number of aryl methyl sites for hydroxylation is 3. The lowest BCUT2D eigenvalue weighted by Crippen LogP contribution is -2.19. The summed E-state index contributed by atoms with van der Waals surface area (Å²) in [7, 11) is 0. The van der Waals surface area contributed by atoms with Crippen LogP contribution in [0.4, 0.5) is 10.1 Å². The van der Waals surface area contributed by atoms with E-state index in [9.17, 15) is 9.18 Å². The van der Waals surface area contributed by atoms with Crippen LogP contribution < -0.4 is 5.32 Å². The minimum absolute atomic E-state index is 0.0721. The van der Waals surface area contributed by atoms with Crippen molar-refractivity contribution in [3.8, 4) is 5.69 Å². The average molecular weight is 454 g/mol. The fraction of sp³-hybridized carbons (Fsp3) is 0.167. The van der Waals surface area contributed by atoms with E-state index < -0.39 is 5.82 Å². The first-order valence-electron chi connectivity index (χ1n) is 9.74. The molecule has 3 aromatic rings. The standard InChI is InChI=1S/C24H21ClFN3OS/c1-13-5-6-18(9-14(13)2)27-24-28-23(30)22(31-24)11-17-10-15(3)29(16(17)4)19-7-8-21(26)20(25)12-19/h5-12H,1-4H3,(H,27,28,30). The maximum atomic E-state index is 13.6. The summed E-state index contributed by atoms with van der Waals surface area (Å²) in [5.41, 5.74) is 6.72. The Morgan fingerprint density at radius 2 is 1.84 bits per heavy atom. The smallest absolute Gasteiger partial charge is 0.264 e. The van der Waals surface area contributed by atoms with E-state index >= 15 is 0 Å². The van der Waals surface area contributed by atoms with Gasteiger partial charge >= 0.3 is 0 Å². The number of halogens is 2. The molecule has 2 heterocycles. The van der Waals surface area contributed by atoms with Crippen molar-refractivity contribution in [2.45, 2.75) is 27.7 Å². The molecule has 0 atom stereocenters. The van der Waals surface area contributed by atoms with Gasteiger partial charge in [0.2, 0.25) is 0 Å². The van der Waals surface area contributed by atoms with Crippen LogP contribution in [0.1, 0.15) is 28.1 Å². The van der Waals surface area contributed by atoms with Gasteiger partial charge in [-0.3, -0.25) is 4.79 Å². The fourth-order valence-electron chi connectivity index (χ4n) is 3.49. The Bertz CT molecular complexity index is 1280. The highest BCUT2D eigenvalue weighted by Gasteiger charge is 2.24. The quantitative estimate of drug-likeness (QED) is 0.466. The third kappa shape index (κ3) is 4.31. The lowest BCUT2D eigenvalue weighted by molar-refractivity contribution is -0.115. The van der Waals surface area contributed by atoms with E-state index in [-0.39, 0.29) is 10.9 Å². The Balaban J connectivity index is 1.64. The van der Waals surface area contributed by atoms with E-state index in [0.29, 0.717) is 10.1 Å². The predicted molar refractivity (Wildman–Crippen MR) is 127 cm³/mol. The lowest BCUT2D eigenvalue weighted by Gasteiger charge is -2.10. The molecule has 158 valence electrons. The van der Waals surface area contributed by atoms with Crippen molar-refractivity contribution < 1.29 is 9.18 Å². The van der Waals surface area contributed by atoms with Crippen molar-refractivity contribution in [3.05, 3.63) is 86.3 Å². The van der Waals surface area contributed by atoms with Gasteiger partial charge in [-0.1, -0.05) is 17.7 Å². The molecule has 4 nitrogen and oxygen atoms in total. The topological polar surface area (TPSA) is 46.4 Å². The molecule has 1 aromatic heterocycles. The molecule has 7 heteroatoms. The summed E-state index contributed by atoms with van der Waals surface area (Å²) in [6.07, 6.45) is 1.85. The van der Waals surface area contributed by atoms with Crippen LogP contribution in [-0.4, -0.2) is 15.6 Å². The molecule has 1 N–H and O–H groups in total. The highest BCUT2D eigenvalue weighted by Crippen LogP contribution is 2.31. The Morgan fingerprint density at radius 3 is 2.55 bits per heavy atom. The summed E-state index contributed by atoms with van der Waals surface area (Å²) in [4.78, 5) is 17.6. The fourth-order valence-corrected chi connectivity index (χ4v) is 4.50. The van der Waals surface area contributed by atoms with Gasteiger partial charge in [0.25, 0.3) is 5.91 Å². The maximum absolute atomic E-state index is 13.6. The molecule has 1 aliphatic heterocycles. The second kappa shape index (κ2) is 8.36. The molecule has 1 saturated heterocycles. The number of amidine groups is 1.